The lowest BCUT2D eigenvalue weighted by atomic mass is 10.1. The number of aromatic nitrogens is 5. The quantitative estimate of drug-likeness (QED) is 0.482. The molecule has 0 radical (unpaired) electrons. The number of hydrogen-bond donors (Lipinski definition) is 3. The van der Waals surface area contributed by atoms with Crippen molar-refractivity contribution in [3.63, 3.8) is 0 Å². The molecule has 0 saturated heterocycles. The van der Waals surface area contributed by atoms with Crippen LogP contribution in [0.5, 0.6) is 0 Å². The highest BCUT2D eigenvalue weighted by atomic mass is 32.2. The number of fused-ring (bicyclic) bond motifs is 1. The highest BCUT2D eigenvalue weighted by Gasteiger charge is 2.24. The van der Waals surface area contributed by atoms with E-state index in [1.807, 2.05) is 24.3 Å². The minimum Gasteiger partial charge on any atom is -0.480 e. The Hall–Kier alpha value is -2.88. The van der Waals surface area contributed by atoms with Gasteiger partial charge in [0.2, 0.25) is 11.1 Å². The molecular weight excluding hydrogens is 392 g/mol. The summed E-state index contributed by atoms with van der Waals surface area (Å²) < 4.78 is 1.78. The highest BCUT2D eigenvalue weighted by Crippen LogP contribution is 2.31. The van der Waals surface area contributed by atoms with Crippen LogP contribution in [0.2, 0.25) is 0 Å². The Bertz CT molecular complexity index is 1010. The van der Waals surface area contributed by atoms with Gasteiger partial charge in [0, 0.05) is 23.5 Å². The van der Waals surface area contributed by atoms with Crippen LogP contribution in [0.3, 0.4) is 0 Å². The van der Waals surface area contributed by atoms with Crippen molar-refractivity contribution in [1.82, 2.24) is 30.5 Å². The van der Waals surface area contributed by atoms with Crippen LogP contribution >= 0.6 is 11.8 Å². The van der Waals surface area contributed by atoms with E-state index < -0.39 is 12.0 Å². The fourth-order valence-electron chi connectivity index (χ4n) is 3.75. The number of aromatic amines is 1. The Kier molecular flexibility index (Phi) is 5.79. The molecule has 29 heavy (non-hydrogen) atoms. The topological polar surface area (TPSA) is 126 Å². The van der Waals surface area contributed by atoms with E-state index in [0.29, 0.717) is 5.16 Å². The first-order chi connectivity index (χ1) is 14.1. The third kappa shape index (κ3) is 4.42. The van der Waals surface area contributed by atoms with Gasteiger partial charge in [0.15, 0.2) is 0 Å². The zero-order valence-electron chi connectivity index (χ0n) is 15.7. The molecule has 4 rings (SSSR count). The average molecular weight is 414 g/mol. The molecule has 2 aromatic heterocycles. The third-order valence-electron chi connectivity index (χ3n) is 5.20. The van der Waals surface area contributed by atoms with E-state index in [4.69, 9.17) is 0 Å². The molecule has 1 aromatic carbocycles. The number of nitrogens with zero attached hydrogens (tertiary/aromatic N) is 4. The maximum absolute atomic E-state index is 12.4. The van der Waals surface area contributed by atoms with Crippen molar-refractivity contribution in [2.75, 3.05) is 5.75 Å². The van der Waals surface area contributed by atoms with Gasteiger partial charge in [-0.15, -0.1) is 5.10 Å². The number of hydrogen-bond acceptors (Lipinski definition) is 6. The van der Waals surface area contributed by atoms with Crippen LogP contribution in [0.15, 0.2) is 35.6 Å². The van der Waals surface area contributed by atoms with Gasteiger partial charge < -0.3 is 15.4 Å². The number of tetrazole rings is 1. The average Bonchev–Trinajstić information content (AvgIpc) is 3.46. The number of rotatable bonds is 8. The number of benzene rings is 1. The Morgan fingerprint density at radius 3 is 2.90 bits per heavy atom. The van der Waals surface area contributed by atoms with Gasteiger partial charge in [-0.2, -0.15) is 0 Å². The number of nitrogens with one attached hydrogen (secondary N) is 2. The zero-order chi connectivity index (χ0) is 20.2. The third-order valence-corrected chi connectivity index (χ3v) is 6.13. The molecule has 1 aliphatic carbocycles. The van der Waals surface area contributed by atoms with E-state index in [2.05, 4.69) is 25.8 Å². The number of carbonyl (C=O) groups excluding carboxylic acids is 1. The van der Waals surface area contributed by atoms with Gasteiger partial charge in [-0.05, 0) is 34.9 Å². The van der Waals surface area contributed by atoms with E-state index in [9.17, 15) is 14.7 Å². The lowest BCUT2D eigenvalue weighted by Crippen LogP contribution is -2.43. The largest absolute Gasteiger partial charge is 0.480 e. The van der Waals surface area contributed by atoms with Gasteiger partial charge in [-0.3, -0.25) is 4.79 Å². The minimum atomic E-state index is -1.07. The number of carboxylic acids is 1. The first-order valence-corrected chi connectivity index (χ1v) is 10.6. The van der Waals surface area contributed by atoms with Crippen molar-refractivity contribution < 1.29 is 14.7 Å². The van der Waals surface area contributed by atoms with E-state index in [1.165, 1.54) is 11.8 Å². The second-order valence-corrected chi connectivity index (χ2v) is 8.10. The lowest BCUT2D eigenvalue weighted by molar-refractivity contribution is -0.141. The van der Waals surface area contributed by atoms with Gasteiger partial charge in [0.05, 0.1) is 11.8 Å². The number of thioether (sulfide) groups is 1. The van der Waals surface area contributed by atoms with E-state index in [1.54, 1.807) is 10.9 Å². The molecule has 3 N–H and O–H groups in total. The van der Waals surface area contributed by atoms with Crippen LogP contribution in [0, 0.1) is 0 Å². The molecule has 0 spiro atoms. The number of carboxylic acid groups (broad SMARTS) is 1. The van der Waals surface area contributed by atoms with Crippen molar-refractivity contribution in [3.05, 3.63) is 36.0 Å². The Balaban J connectivity index is 1.37. The monoisotopic (exact) mass is 414 g/mol. The van der Waals surface area contributed by atoms with Gasteiger partial charge in [0.25, 0.3) is 0 Å². The summed E-state index contributed by atoms with van der Waals surface area (Å²) in [5.41, 5.74) is 1.79. The van der Waals surface area contributed by atoms with Gasteiger partial charge in [-0.25, -0.2) is 9.48 Å². The van der Waals surface area contributed by atoms with Gasteiger partial charge in [0.1, 0.15) is 6.04 Å². The van der Waals surface area contributed by atoms with Crippen LogP contribution in [0.1, 0.15) is 37.3 Å². The summed E-state index contributed by atoms with van der Waals surface area (Å²) in [7, 11) is 0. The number of H-pyrrole nitrogens is 1. The maximum Gasteiger partial charge on any atom is 0.326 e. The van der Waals surface area contributed by atoms with Crippen molar-refractivity contribution in [3.8, 4) is 0 Å². The number of carbonyl (C=O) groups is 2. The number of aliphatic carboxylic acids is 1. The molecule has 10 heteroatoms. The highest BCUT2D eigenvalue weighted by molar-refractivity contribution is 7.99. The van der Waals surface area contributed by atoms with Crippen molar-refractivity contribution in [2.24, 2.45) is 0 Å². The summed E-state index contributed by atoms with van der Waals surface area (Å²) in [5, 5.41) is 25.5. The fraction of sp³-hybridized carbons (Fsp3) is 0.421. The van der Waals surface area contributed by atoms with Crippen LogP contribution in [-0.4, -0.2) is 54.0 Å². The molecule has 1 atom stereocenters. The molecule has 152 valence electrons. The summed E-state index contributed by atoms with van der Waals surface area (Å²) >= 11 is 1.23. The minimum absolute atomic E-state index is 0.0603. The SMILES string of the molecule is O=C(CSc1nnnn1C1CCCC1)NC(Cc1c[nH]c2ccccc12)C(=O)O. The fourth-order valence-corrected chi connectivity index (χ4v) is 4.50. The van der Waals surface area contributed by atoms with Crippen molar-refractivity contribution in [2.45, 2.75) is 49.3 Å². The zero-order valence-corrected chi connectivity index (χ0v) is 16.6. The predicted molar refractivity (Wildman–Crippen MR) is 108 cm³/mol. The molecule has 1 unspecified atom stereocenters. The normalized spacial score (nSPS) is 15.6. The van der Waals surface area contributed by atoms with Gasteiger partial charge in [-0.1, -0.05) is 42.8 Å². The Morgan fingerprint density at radius 1 is 1.31 bits per heavy atom. The summed E-state index contributed by atoms with van der Waals surface area (Å²) in [6.07, 6.45) is 6.38. The number of amides is 1. The van der Waals surface area contributed by atoms with Crippen LogP contribution in [0.25, 0.3) is 10.9 Å². The lowest BCUT2D eigenvalue weighted by Gasteiger charge is -2.14. The standard InChI is InChI=1S/C19H22N6O3S/c26-17(11-29-19-22-23-24-25(19)13-5-1-2-6-13)21-16(18(27)28)9-12-10-20-15-8-4-3-7-14(12)15/h3-4,7-8,10,13,16,20H,1-2,5-6,9,11H2,(H,21,26)(H,27,28). The second-order valence-electron chi connectivity index (χ2n) is 7.15. The maximum atomic E-state index is 12.4. The Morgan fingerprint density at radius 2 is 2.10 bits per heavy atom. The molecular formula is C19H22N6O3S. The predicted octanol–water partition coefficient (Wildman–Crippen LogP) is 2.17. The van der Waals surface area contributed by atoms with Crippen molar-refractivity contribution >= 4 is 34.5 Å². The Labute approximate surface area is 171 Å². The molecule has 2 heterocycles. The molecule has 0 bridgehead atoms. The molecule has 1 saturated carbocycles. The summed E-state index contributed by atoms with van der Waals surface area (Å²) in [6, 6.07) is 6.95. The molecule has 1 aliphatic rings. The summed E-state index contributed by atoms with van der Waals surface area (Å²) in [6.45, 7) is 0. The number of para-hydroxylation sites is 1. The molecule has 0 aliphatic heterocycles. The van der Waals surface area contributed by atoms with E-state index in [-0.39, 0.29) is 24.1 Å². The molecule has 9 nitrogen and oxygen atoms in total. The first-order valence-electron chi connectivity index (χ1n) is 9.59. The smallest absolute Gasteiger partial charge is 0.326 e. The van der Waals surface area contributed by atoms with E-state index >= 15 is 0 Å². The molecule has 1 amide bonds. The molecule has 1 fully saturated rings. The van der Waals surface area contributed by atoms with Crippen molar-refractivity contribution in [1.29, 1.82) is 0 Å². The second kappa shape index (κ2) is 8.64. The van der Waals surface area contributed by atoms with Crippen LogP contribution in [0.4, 0.5) is 0 Å². The van der Waals surface area contributed by atoms with E-state index in [0.717, 1.165) is 42.1 Å². The summed E-state index contributed by atoms with van der Waals surface area (Å²) in [4.78, 5) is 27.2. The summed E-state index contributed by atoms with van der Waals surface area (Å²) in [5.74, 6) is -1.36. The molecule has 3 aromatic rings. The van der Waals surface area contributed by atoms with Gasteiger partial charge >= 0.3 is 5.97 Å². The van der Waals surface area contributed by atoms with Crippen LogP contribution < -0.4 is 5.32 Å². The van der Waals surface area contributed by atoms with Crippen LogP contribution in [-0.2, 0) is 16.0 Å². The first kappa shape index (κ1) is 19.4.